The van der Waals surface area contributed by atoms with Crippen molar-refractivity contribution in [3.8, 4) is 28.8 Å². The molecule has 3 heterocycles. The summed E-state index contributed by atoms with van der Waals surface area (Å²) in [4.78, 5) is 21.3. The maximum absolute atomic E-state index is 13.7. The van der Waals surface area contributed by atoms with Crippen LogP contribution >= 0.6 is 0 Å². The Morgan fingerprint density at radius 1 is 1.09 bits per heavy atom. The van der Waals surface area contributed by atoms with E-state index in [4.69, 9.17) is 13.7 Å². The number of carbonyl (C=O) groups excluding carboxylic acids is 1. The molecule has 0 unspecified atom stereocenters. The molecule has 1 fully saturated rings. The van der Waals surface area contributed by atoms with E-state index in [2.05, 4.69) is 21.1 Å². The molecule has 1 saturated heterocycles. The molecule has 2 aromatic heterocycles. The van der Waals surface area contributed by atoms with E-state index in [1.54, 1.807) is 23.3 Å². The van der Waals surface area contributed by atoms with Crippen molar-refractivity contribution >= 4 is 5.91 Å². The molecule has 34 heavy (non-hydrogen) atoms. The van der Waals surface area contributed by atoms with Crippen molar-refractivity contribution < 1.29 is 22.9 Å². The lowest BCUT2D eigenvalue weighted by Gasteiger charge is -2.35. The van der Waals surface area contributed by atoms with E-state index in [9.17, 15) is 9.18 Å². The number of piperazine rings is 1. The van der Waals surface area contributed by atoms with Crippen molar-refractivity contribution in [1.29, 1.82) is 0 Å². The van der Waals surface area contributed by atoms with Crippen LogP contribution in [0.5, 0.6) is 5.75 Å². The number of ether oxygens (including phenoxy) is 1. The van der Waals surface area contributed by atoms with Crippen LogP contribution in [-0.2, 0) is 6.54 Å². The van der Waals surface area contributed by atoms with Gasteiger partial charge in [0.15, 0.2) is 17.3 Å². The molecule has 0 saturated carbocycles. The molecule has 0 aliphatic carbocycles. The van der Waals surface area contributed by atoms with Crippen LogP contribution in [0, 0.1) is 5.82 Å². The van der Waals surface area contributed by atoms with Gasteiger partial charge in [-0.05, 0) is 42.0 Å². The van der Waals surface area contributed by atoms with Crippen molar-refractivity contribution in [3.63, 3.8) is 0 Å². The third-order valence-corrected chi connectivity index (χ3v) is 5.81. The fraction of sp³-hybridized carbons (Fsp3) is 0.240. The molecule has 174 valence electrons. The lowest BCUT2D eigenvalue weighted by molar-refractivity contribution is 0.0628. The summed E-state index contributed by atoms with van der Waals surface area (Å²) in [6.45, 7) is 3.40. The van der Waals surface area contributed by atoms with E-state index in [-0.39, 0.29) is 11.7 Å². The number of rotatable bonds is 6. The number of nitrogens with zero attached hydrogens (tertiary/aromatic N) is 4. The first-order valence-corrected chi connectivity index (χ1v) is 10.9. The van der Waals surface area contributed by atoms with Crippen LogP contribution in [0.2, 0.25) is 0 Å². The van der Waals surface area contributed by atoms with Gasteiger partial charge in [-0.25, -0.2) is 4.39 Å². The molecule has 2 aromatic carbocycles. The summed E-state index contributed by atoms with van der Waals surface area (Å²) >= 11 is 0. The van der Waals surface area contributed by atoms with Gasteiger partial charge >= 0.3 is 0 Å². The van der Waals surface area contributed by atoms with Gasteiger partial charge in [0.1, 0.15) is 0 Å². The second kappa shape index (κ2) is 9.48. The average molecular weight is 462 g/mol. The van der Waals surface area contributed by atoms with Crippen LogP contribution in [0.4, 0.5) is 4.39 Å². The Bertz CT molecular complexity index is 1280. The summed E-state index contributed by atoms with van der Waals surface area (Å²) in [6.07, 6.45) is 1.56. The number of hydrogen-bond donors (Lipinski definition) is 0. The summed E-state index contributed by atoms with van der Waals surface area (Å²) in [6, 6.07) is 15.7. The van der Waals surface area contributed by atoms with Crippen molar-refractivity contribution in [2.45, 2.75) is 6.54 Å². The Morgan fingerprint density at radius 2 is 1.94 bits per heavy atom. The molecule has 4 aromatic rings. The zero-order valence-corrected chi connectivity index (χ0v) is 18.6. The molecule has 0 spiro atoms. The smallest absolute Gasteiger partial charge is 0.293 e. The van der Waals surface area contributed by atoms with Crippen molar-refractivity contribution in [2.75, 3.05) is 33.3 Å². The highest BCUT2D eigenvalue weighted by Gasteiger charge is 2.23. The Morgan fingerprint density at radius 3 is 2.71 bits per heavy atom. The molecule has 0 bridgehead atoms. The number of hydrogen-bond acceptors (Lipinski definition) is 7. The lowest BCUT2D eigenvalue weighted by atomic mass is 10.1. The fourth-order valence-electron chi connectivity index (χ4n) is 3.99. The molecule has 0 atom stereocenters. The monoisotopic (exact) mass is 462 g/mol. The van der Waals surface area contributed by atoms with E-state index < -0.39 is 5.82 Å². The van der Waals surface area contributed by atoms with Gasteiger partial charge in [0.25, 0.3) is 11.8 Å². The zero-order chi connectivity index (χ0) is 23.5. The molecule has 1 aliphatic rings. The topological polar surface area (TPSA) is 84.8 Å². The Labute approximate surface area is 195 Å². The number of carbonyl (C=O) groups is 1. The second-order valence-corrected chi connectivity index (χ2v) is 8.02. The minimum Gasteiger partial charge on any atom is -0.494 e. The van der Waals surface area contributed by atoms with E-state index in [1.165, 1.54) is 25.3 Å². The predicted octanol–water partition coefficient (Wildman–Crippen LogP) is 4.10. The maximum atomic E-state index is 13.7. The Hall–Kier alpha value is -3.98. The normalized spacial score (nSPS) is 14.4. The number of furan rings is 1. The van der Waals surface area contributed by atoms with Gasteiger partial charge in [-0.15, -0.1) is 0 Å². The zero-order valence-electron chi connectivity index (χ0n) is 18.6. The molecule has 9 heteroatoms. The molecule has 1 aliphatic heterocycles. The molecular weight excluding hydrogens is 439 g/mol. The van der Waals surface area contributed by atoms with Crippen LogP contribution < -0.4 is 4.74 Å². The summed E-state index contributed by atoms with van der Waals surface area (Å²) in [5.74, 6) is 0.834. The highest BCUT2D eigenvalue weighted by Crippen LogP contribution is 2.24. The Balaban J connectivity index is 1.20. The number of aromatic nitrogens is 2. The number of halogens is 1. The highest BCUT2D eigenvalue weighted by atomic mass is 19.1. The predicted molar refractivity (Wildman–Crippen MR) is 122 cm³/mol. The third kappa shape index (κ3) is 4.55. The first kappa shape index (κ1) is 21.8. The first-order chi connectivity index (χ1) is 16.6. The van der Waals surface area contributed by atoms with Gasteiger partial charge in [-0.2, -0.15) is 4.98 Å². The van der Waals surface area contributed by atoms with Crippen LogP contribution in [0.3, 0.4) is 0 Å². The van der Waals surface area contributed by atoms with E-state index in [1.807, 2.05) is 18.2 Å². The molecule has 0 radical (unpaired) electrons. The van der Waals surface area contributed by atoms with Gasteiger partial charge in [-0.1, -0.05) is 23.4 Å². The van der Waals surface area contributed by atoms with Crippen LogP contribution in [0.15, 0.2) is 69.8 Å². The lowest BCUT2D eigenvalue weighted by Crippen LogP contribution is -2.48. The SMILES string of the molecule is COc1cc(C(=O)N2CCN(Cc3cccc(-c4noc(-c5ccco5)n4)c3)CC2)ccc1F. The molecule has 5 rings (SSSR count). The molecular formula is C25H23FN4O4. The largest absolute Gasteiger partial charge is 0.494 e. The molecule has 8 nitrogen and oxygen atoms in total. The van der Waals surface area contributed by atoms with E-state index in [0.29, 0.717) is 36.1 Å². The molecule has 1 amide bonds. The summed E-state index contributed by atoms with van der Waals surface area (Å²) < 4.78 is 29.3. The Kier molecular flexibility index (Phi) is 6.09. The minimum absolute atomic E-state index is 0.0715. The molecule has 0 N–H and O–H groups in total. The van der Waals surface area contributed by atoms with E-state index >= 15 is 0 Å². The number of amides is 1. The average Bonchev–Trinajstić information content (AvgIpc) is 3.57. The van der Waals surface area contributed by atoms with Gasteiger partial charge in [0.2, 0.25) is 5.82 Å². The fourth-order valence-corrected chi connectivity index (χ4v) is 3.99. The van der Waals surface area contributed by atoms with Crippen LogP contribution in [0.25, 0.3) is 23.0 Å². The maximum Gasteiger partial charge on any atom is 0.293 e. The summed E-state index contributed by atoms with van der Waals surface area (Å²) in [7, 11) is 1.39. The van der Waals surface area contributed by atoms with Gasteiger partial charge in [-0.3, -0.25) is 9.69 Å². The summed E-state index contributed by atoms with van der Waals surface area (Å²) in [5, 5.41) is 4.07. The van der Waals surface area contributed by atoms with Crippen molar-refractivity contribution in [1.82, 2.24) is 19.9 Å². The quantitative estimate of drug-likeness (QED) is 0.426. The van der Waals surface area contributed by atoms with Crippen LogP contribution in [-0.4, -0.2) is 59.1 Å². The second-order valence-electron chi connectivity index (χ2n) is 8.02. The summed E-state index contributed by atoms with van der Waals surface area (Å²) in [5.41, 5.74) is 2.40. The van der Waals surface area contributed by atoms with Gasteiger partial charge < -0.3 is 18.6 Å². The van der Waals surface area contributed by atoms with Gasteiger partial charge in [0, 0.05) is 43.9 Å². The number of benzene rings is 2. The minimum atomic E-state index is -0.482. The van der Waals surface area contributed by atoms with Gasteiger partial charge in [0.05, 0.1) is 13.4 Å². The van der Waals surface area contributed by atoms with Crippen LogP contribution in [0.1, 0.15) is 15.9 Å². The third-order valence-electron chi connectivity index (χ3n) is 5.81. The van der Waals surface area contributed by atoms with E-state index in [0.717, 1.165) is 30.8 Å². The van der Waals surface area contributed by atoms with Crippen molar-refractivity contribution in [2.24, 2.45) is 0 Å². The highest BCUT2D eigenvalue weighted by molar-refractivity contribution is 5.94. The first-order valence-electron chi connectivity index (χ1n) is 10.9. The standard InChI is InChI=1S/C25H23FN4O4/c1-32-22-15-19(7-8-20(22)26)25(31)30-11-9-29(10-12-30)16-17-4-2-5-18(14-17)23-27-24(34-28-23)21-6-3-13-33-21/h2-8,13-15H,9-12,16H2,1H3. The number of methoxy groups -OCH3 is 1. The van der Waals surface area contributed by atoms with Crippen molar-refractivity contribution in [3.05, 3.63) is 77.8 Å².